The van der Waals surface area contributed by atoms with E-state index in [9.17, 15) is 4.79 Å². The first-order valence-corrected chi connectivity index (χ1v) is 7.05. The normalized spacial score (nSPS) is 10.2. The van der Waals surface area contributed by atoms with Gasteiger partial charge in [-0.3, -0.25) is 4.79 Å². The first-order valence-electron chi connectivity index (χ1n) is 7.05. The Morgan fingerprint density at radius 1 is 0.818 bits per heavy atom. The third-order valence-electron chi connectivity index (χ3n) is 3.40. The summed E-state index contributed by atoms with van der Waals surface area (Å²) in [7, 11) is 0. The van der Waals surface area contributed by atoms with Gasteiger partial charge in [0.1, 0.15) is 0 Å². The second-order valence-corrected chi connectivity index (χ2v) is 4.99. The number of amides is 1. The van der Waals surface area contributed by atoms with E-state index < -0.39 is 0 Å². The molecule has 0 aromatic heterocycles. The van der Waals surface area contributed by atoms with Gasteiger partial charge in [-0.1, -0.05) is 54.6 Å². The lowest BCUT2D eigenvalue weighted by Gasteiger charge is -2.10. The van der Waals surface area contributed by atoms with E-state index in [0.29, 0.717) is 16.9 Å². The van der Waals surface area contributed by atoms with Gasteiger partial charge < -0.3 is 11.1 Å². The van der Waals surface area contributed by atoms with E-state index in [0.717, 1.165) is 11.1 Å². The maximum atomic E-state index is 12.6. The third kappa shape index (κ3) is 2.99. The van der Waals surface area contributed by atoms with E-state index in [1.54, 1.807) is 12.1 Å². The van der Waals surface area contributed by atoms with E-state index in [1.807, 2.05) is 66.7 Å². The standard InChI is InChI=1S/C19H16N2O/c20-15-9-6-10-16(13-15)21-19(22)18-12-5-4-11-17(18)14-7-2-1-3-8-14/h1-13H,20H2,(H,21,22). The van der Waals surface area contributed by atoms with Crippen molar-refractivity contribution in [1.29, 1.82) is 0 Å². The van der Waals surface area contributed by atoms with Crippen molar-refractivity contribution in [1.82, 2.24) is 0 Å². The first-order chi connectivity index (χ1) is 10.7. The number of carbonyl (C=O) groups is 1. The average Bonchev–Trinajstić information content (AvgIpc) is 2.56. The molecule has 3 aromatic rings. The maximum absolute atomic E-state index is 12.6. The van der Waals surface area contributed by atoms with Gasteiger partial charge in [-0.15, -0.1) is 0 Å². The molecule has 3 heteroatoms. The highest BCUT2D eigenvalue weighted by Gasteiger charge is 2.12. The van der Waals surface area contributed by atoms with Gasteiger partial charge >= 0.3 is 0 Å². The van der Waals surface area contributed by atoms with Gasteiger partial charge in [0.2, 0.25) is 0 Å². The van der Waals surface area contributed by atoms with Crippen LogP contribution in [0.3, 0.4) is 0 Å². The van der Waals surface area contributed by atoms with Crippen LogP contribution in [0.2, 0.25) is 0 Å². The Bertz CT molecular complexity index is 797. The number of hydrogen-bond acceptors (Lipinski definition) is 2. The molecule has 0 aliphatic carbocycles. The summed E-state index contributed by atoms with van der Waals surface area (Å²) in [6, 6.07) is 24.6. The molecule has 0 saturated heterocycles. The van der Waals surface area contributed by atoms with Gasteiger partial charge in [-0.05, 0) is 35.4 Å². The van der Waals surface area contributed by atoms with Crippen LogP contribution in [0.25, 0.3) is 11.1 Å². The Morgan fingerprint density at radius 2 is 1.55 bits per heavy atom. The number of nitrogens with one attached hydrogen (secondary N) is 1. The summed E-state index contributed by atoms with van der Waals surface area (Å²) in [6.07, 6.45) is 0. The van der Waals surface area contributed by atoms with Crippen molar-refractivity contribution in [2.24, 2.45) is 0 Å². The molecule has 0 fully saturated rings. The van der Waals surface area contributed by atoms with Gasteiger partial charge in [0.25, 0.3) is 5.91 Å². The van der Waals surface area contributed by atoms with Crippen LogP contribution in [-0.4, -0.2) is 5.91 Å². The molecule has 0 saturated carbocycles. The number of nitrogen functional groups attached to an aromatic ring is 1. The van der Waals surface area contributed by atoms with Crippen LogP contribution in [0, 0.1) is 0 Å². The molecule has 0 radical (unpaired) electrons. The minimum Gasteiger partial charge on any atom is -0.399 e. The maximum Gasteiger partial charge on any atom is 0.256 e. The van der Waals surface area contributed by atoms with Gasteiger partial charge in [-0.25, -0.2) is 0 Å². The predicted octanol–water partition coefficient (Wildman–Crippen LogP) is 4.19. The molecule has 3 rings (SSSR count). The van der Waals surface area contributed by atoms with Crippen molar-refractivity contribution in [2.75, 3.05) is 11.1 Å². The lowest BCUT2D eigenvalue weighted by molar-refractivity contribution is 0.102. The molecule has 0 heterocycles. The van der Waals surface area contributed by atoms with Crippen LogP contribution >= 0.6 is 0 Å². The largest absolute Gasteiger partial charge is 0.399 e. The SMILES string of the molecule is Nc1cccc(NC(=O)c2ccccc2-c2ccccc2)c1. The Balaban J connectivity index is 1.93. The Kier molecular flexibility index (Phi) is 3.88. The Morgan fingerprint density at radius 3 is 2.32 bits per heavy atom. The van der Waals surface area contributed by atoms with Crippen LogP contribution in [0.1, 0.15) is 10.4 Å². The second-order valence-electron chi connectivity index (χ2n) is 4.99. The predicted molar refractivity (Wildman–Crippen MR) is 90.7 cm³/mol. The van der Waals surface area contributed by atoms with Gasteiger partial charge in [0.05, 0.1) is 0 Å². The second kappa shape index (κ2) is 6.14. The molecule has 0 bridgehead atoms. The number of hydrogen-bond donors (Lipinski definition) is 2. The Labute approximate surface area is 129 Å². The topological polar surface area (TPSA) is 55.1 Å². The summed E-state index contributed by atoms with van der Waals surface area (Å²) in [4.78, 5) is 12.6. The molecule has 22 heavy (non-hydrogen) atoms. The fourth-order valence-corrected chi connectivity index (χ4v) is 2.37. The monoisotopic (exact) mass is 288 g/mol. The molecule has 1 amide bonds. The lowest BCUT2D eigenvalue weighted by atomic mass is 9.99. The summed E-state index contributed by atoms with van der Waals surface area (Å²) in [5, 5.41) is 2.89. The fourth-order valence-electron chi connectivity index (χ4n) is 2.37. The zero-order valence-electron chi connectivity index (χ0n) is 12.0. The molecule has 3 nitrogen and oxygen atoms in total. The molecule has 0 aliphatic rings. The number of nitrogens with two attached hydrogens (primary N) is 1. The number of rotatable bonds is 3. The van der Waals surface area contributed by atoms with Crippen LogP contribution in [0.5, 0.6) is 0 Å². The lowest BCUT2D eigenvalue weighted by Crippen LogP contribution is -2.13. The highest BCUT2D eigenvalue weighted by molar-refractivity contribution is 6.08. The van der Waals surface area contributed by atoms with Crippen molar-refractivity contribution in [3.05, 3.63) is 84.4 Å². The van der Waals surface area contributed by atoms with Crippen LogP contribution in [-0.2, 0) is 0 Å². The summed E-state index contributed by atoms with van der Waals surface area (Å²) in [6.45, 7) is 0. The summed E-state index contributed by atoms with van der Waals surface area (Å²) < 4.78 is 0. The van der Waals surface area contributed by atoms with Gasteiger partial charge in [-0.2, -0.15) is 0 Å². The molecule has 0 unspecified atom stereocenters. The molecule has 0 aliphatic heterocycles. The highest BCUT2D eigenvalue weighted by Crippen LogP contribution is 2.24. The van der Waals surface area contributed by atoms with Crippen molar-refractivity contribution >= 4 is 17.3 Å². The van der Waals surface area contributed by atoms with E-state index in [1.165, 1.54) is 0 Å². The van der Waals surface area contributed by atoms with Gasteiger partial charge in [0.15, 0.2) is 0 Å². The smallest absolute Gasteiger partial charge is 0.256 e. The zero-order chi connectivity index (χ0) is 15.4. The molecule has 0 spiro atoms. The van der Waals surface area contributed by atoms with Crippen LogP contribution in [0.15, 0.2) is 78.9 Å². The van der Waals surface area contributed by atoms with E-state index >= 15 is 0 Å². The molecule has 108 valence electrons. The quantitative estimate of drug-likeness (QED) is 0.710. The Hall–Kier alpha value is -3.07. The number of carbonyl (C=O) groups excluding carboxylic acids is 1. The van der Waals surface area contributed by atoms with Crippen LogP contribution in [0.4, 0.5) is 11.4 Å². The fraction of sp³-hybridized carbons (Fsp3) is 0. The van der Waals surface area contributed by atoms with Crippen molar-refractivity contribution < 1.29 is 4.79 Å². The van der Waals surface area contributed by atoms with Gasteiger partial charge in [0, 0.05) is 16.9 Å². The third-order valence-corrected chi connectivity index (χ3v) is 3.40. The van der Waals surface area contributed by atoms with Crippen molar-refractivity contribution in [2.45, 2.75) is 0 Å². The number of benzene rings is 3. The molecule has 3 aromatic carbocycles. The summed E-state index contributed by atoms with van der Waals surface area (Å²) in [5.74, 6) is -0.148. The summed E-state index contributed by atoms with van der Waals surface area (Å²) in [5.41, 5.74) is 9.61. The first kappa shape index (κ1) is 13.9. The van der Waals surface area contributed by atoms with E-state index in [2.05, 4.69) is 5.32 Å². The van der Waals surface area contributed by atoms with E-state index in [4.69, 9.17) is 5.73 Å². The van der Waals surface area contributed by atoms with Crippen LogP contribution < -0.4 is 11.1 Å². The summed E-state index contributed by atoms with van der Waals surface area (Å²) >= 11 is 0. The van der Waals surface area contributed by atoms with E-state index in [-0.39, 0.29) is 5.91 Å². The zero-order valence-corrected chi connectivity index (χ0v) is 12.0. The minimum absolute atomic E-state index is 0.148. The average molecular weight is 288 g/mol. The molecular weight excluding hydrogens is 272 g/mol. The molecular formula is C19H16N2O. The van der Waals surface area contributed by atoms with Crippen molar-refractivity contribution in [3.8, 4) is 11.1 Å². The number of anilines is 2. The van der Waals surface area contributed by atoms with Crippen molar-refractivity contribution in [3.63, 3.8) is 0 Å². The molecule has 0 atom stereocenters. The highest BCUT2D eigenvalue weighted by atomic mass is 16.1. The minimum atomic E-state index is -0.148. The molecule has 3 N–H and O–H groups in total.